The van der Waals surface area contributed by atoms with E-state index in [0.717, 1.165) is 23.7 Å². The van der Waals surface area contributed by atoms with Crippen LogP contribution in [0.3, 0.4) is 0 Å². The molecule has 0 atom stereocenters. The highest BCUT2D eigenvalue weighted by atomic mass is 79.9. The lowest BCUT2D eigenvalue weighted by molar-refractivity contribution is -0.127. The zero-order valence-corrected chi connectivity index (χ0v) is 11.2. The van der Waals surface area contributed by atoms with Gasteiger partial charge in [-0.05, 0) is 37.0 Å². The monoisotopic (exact) mass is 296 g/mol. The Morgan fingerprint density at radius 1 is 1.47 bits per heavy atom. The number of benzene rings is 1. The van der Waals surface area contributed by atoms with E-state index in [1.54, 1.807) is 0 Å². The summed E-state index contributed by atoms with van der Waals surface area (Å²) in [6, 6.07) is 8.38. The first-order chi connectivity index (χ1) is 8.15. The molecule has 2 rings (SSSR count). The van der Waals surface area contributed by atoms with Gasteiger partial charge >= 0.3 is 0 Å². The molecule has 1 fully saturated rings. The molecule has 1 saturated carbocycles. The molecule has 1 aromatic carbocycles. The Morgan fingerprint density at radius 2 is 2.24 bits per heavy atom. The summed E-state index contributed by atoms with van der Waals surface area (Å²) in [5.74, 6) is 0.300. The summed E-state index contributed by atoms with van der Waals surface area (Å²) >= 11 is 3.43. The van der Waals surface area contributed by atoms with Gasteiger partial charge in [-0.25, -0.2) is 0 Å². The molecule has 0 radical (unpaired) electrons. The molecule has 3 nitrogen and oxygen atoms in total. The van der Waals surface area contributed by atoms with Gasteiger partial charge in [-0.3, -0.25) is 4.79 Å². The van der Waals surface area contributed by atoms with E-state index >= 15 is 0 Å². The van der Waals surface area contributed by atoms with Crippen LogP contribution < -0.4 is 11.1 Å². The van der Waals surface area contributed by atoms with Gasteiger partial charge in [-0.15, -0.1) is 0 Å². The fourth-order valence-electron chi connectivity index (χ4n) is 2.04. The Balaban J connectivity index is 1.71. The number of carbonyl (C=O) groups is 1. The quantitative estimate of drug-likeness (QED) is 0.891. The molecular weight excluding hydrogens is 280 g/mol. The first-order valence-electron chi connectivity index (χ1n) is 5.93. The largest absolute Gasteiger partial charge is 0.356 e. The molecule has 1 aliphatic rings. The normalized spacial score (nSPS) is 22.9. The lowest BCUT2D eigenvalue weighted by atomic mass is 9.80. The van der Waals surface area contributed by atoms with Crippen molar-refractivity contribution in [2.75, 3.05) is 6.54 Å². The van der Waals surface area contributed by atoms with Crippen LogP contribution >= 0.6 is 15.9 Å². The van der Waals surface area contributed by atoms with Crippen molar-refractivity contribution in [3.8, 4) is 0 Å². The van der Waals surface area contributed by atoms with Gasteiger partial charge in [0.05, 0.1) is 0 Å². The maximum atomic E-state index is 11.7. The highest BCUT2D eigenvalue weighted by Crippen LogP contribution is 2.25. The fourth-order valence-corrected chi connectivity index (χ4v) is 2.49. The van der Waals surface area contributed by atoms with Gasteiger partial charge in [0.25, 0.3) is 0 Å². The third-order valence-corrected chi connectivity index (χ3v) is 3.64. The summed E-state index contributed by atoms with van der Waals surface area (Å²) in [5, 5.41) is 2.96. The molecule has 0 saturated heterocycles. The van der Waals surface area contributed by atoms with Crippen LogP contribution in [-0.4, -0.2) is 18.5 Å². The molecular formula is C13H17BrN2O. The number of rotatable bonds is 4. The molecule has 17 heavy (non-hydrogen) atoms. The van der Waals surface area contributed by atoms with Gasteiger partial charge in [0.2, 0.25) is 5.91 Å². The summed E-state index contributed by atoms with van der Waals surface area (Å²) < 4.78 is 1.08. The average Bonchev–Trinajstić information content (AvgIpc) is 2.25. The Hall–Kier alpha value is -0.870. The Bertz CT molecular complexity index is 402. The lowest BCUT2D eigenvalue weighted by Gasteiger charge is -2.31. The standard InChI is InChI=1S/C13H17BrN2O/c14-11-3-1-2-9(6-11)4-5-16-13(17)10-7-12(15)8-10/h1-3,6,10,12H,4-5,7-8,15H2,(H,16,17). The maximum Gasteiger partial charge on any atom is 0.223 e. The van der Waals surface area contributed by atoms with Crippen molar-refractivity contribution in [3.05, 3.63) is 34.3 Å². The second kappa shape index (κ2) is 5.65. The summed E-state index contributed by atoms with van der Waals surface area (Å²) in [4.78, 5) is 11.7. The van der Waals surface area contributed by atoms with Crippen LogP contribution in [0.1, 0.15) is 18.4 Å². The van der Waals surface area contributed by atoms with Gasteiger partial charge in [-0.2, -0.15) is 0 Å². The number of hydrogen-bond donors (Lipinski definition) is 2. The zero-order valence-electron chi connectivity index (χ0n) is 9.66. The minimum Gasteiger partial charge on any atom is -0.356 e. The number of carbonyl (C=O) groups excluding carboxylic acids is 1. The molecule has 3 N–H and O–H groups in total. The van der Waals surface area contributed by atoms with Crippen LogP contribution in [0.2, 0.25) is 0 Å². The van der Waals surface area contributed by atoms with E-state index in [0.29, 0.717) is 6.54 Å². The predicted octanol–water partition coefficient (Wildman–Crippen LogP) is 1.85. The van der Waals surface area contributed by atoms with Crippen LogP contribution in [0.25, 0.3) is 0 Å². The molecule has 0 unspecified atom stereocenters. The lowest BCUT2D eigenvalue weighted by Crippen LogP contribution is -2.45. The van der Waals surface area contributed by atoms with Crippen molar-refractivity contribution in [3.63, 3.8) is 0 Å². The molecule has 0 bridgehead atoms. The molecule has 0 aliphatic heterocycles. The average molecular weight is 297 g/mol. The minimum atomic E-state index is 0.146. The first kappa shape index (κ1) is 12.6. The maximum absolute atomic E-state index is 11.7. The molecule has 0 aromatic heterocycles. The zero-order chi connectivity index (χ0) is 12.3. The number of nitrogens with two attached hydrogens (primary N) is 1. The second-order valence-electron chi connectivity index (χ2n) is 4.60. The first-order valence-corrected chi connectivity index (χ1v) is 6.72. The van der Waals surface area contributed by atoms with E-state index in [9.17, 15) is 4.79 Å². The molecule has 4 heteroatoms. The summed E-state index contributed by atoms with van der Waals surface area (Å²) in [6.07, 6.45) is 2.54. The minimum absolute atomic E-state index is 0.146. The van der Waals surface area contributed by atoms with Crippen LogP contribution in [0, 0.1) is 5.92 Å². The summed E-state index contributed by atoms with van der Waals surface area (Å²) in [5.41, 5.74) is 6.88. The van der Waals surface area contributed by atoms with Crippen molar-refractivity contribution < 1.29 is 4.79 Å². The number of halogens is 1. The third-order valence-electron chi connectivity index (χ3n) is 3.15. The highest BCUT2D eigenvalue weighted by Gasteiger charge is 2.31. The third kappa shape index (κ3) is 3.54. The van der Waals surface area contributed by atoms with Crippen LogP contribution in [-0.2, 0) is 11.2 Å². The molecule has 0 spiro atoms. The Morgan fingerprint density at radius 3 is 2.88 bits per heavy atom. The van der Waals surface area contributed by atoms with E-state index in [-0.39, 0.29) is 17.9 Å². The van der Waals surface area contributed by atoms with Crippen LogP contribution in [0.15, 0.2) is 28.7 Å². The van der Waals surface area contributed by atoms with Crippen LogP contribution in [0.5, 0.6) is 0 Å². The van der Waals surface area contributed by atoms with Crippen molar-refractivity contribution in [2.24, 2.45) is 11.7 Å². The Kier molecular flexibility index (Phi) is 4.18. The number of hydrogen-bond acceptors (Lipinski definition) is 2. The van der Waals surface area contributed by atoms with Gasteiger partial charge in [-0.1, -0.05) is 28.1 Å². The van der Waals surface area contributed by atoms with E-state index < -0.39 is 0 Å². The molecule has 92 valence electrons. The molecule has 1 aliphatic carbocycles. The van der Waals surface area contributed by atoms with E-state index in [1.807, 2.05) is 12.1 Å². The van der Waals surface area contributed by atoms with Gasteiger partial charge in [0.1, 0.15) is 0 Å². The van der Waals surface area contributed by atoms with Crippen molar-refractivity contribution >= 4 is 21.8 Å². The predicted molar refractivity (Wildman–Crippen MR) is 71.6 cm³/mol. The van der Waals surface area contributed by atoms with E-state index in [1.165, 1.54) is 5.56 Å². The fraction of sp³-hybridized carbons (Fsp3) is 0.462. The van der Waals surface area contributed by atoms with Crippen molar-refractivity contribution in [2.45, 2.75) is 25.3 Å². The number of amides is 1. The molecule has 1 aromatic rings. The van der Waals surface area contributed by atoms with Gasteiger partial charge < -0.3 is 11.1 Å². The second-order valence-corrected chi connectivity index (χ2v) is 5.52. The SMILES string of the molecule is NC1CC(C(=O)NCCc2cccc(Br)c2)C1. The molecule has 1 amide bonds. The van der Waals surface area contributed by atoms with E-state index in [2.05, 4.69) is 33.4 Å². The summed E-state index contributed by atoms with van der Waals surface area (Å²) in [7, 11) is 0. The highest BCUT2D eigenvalue weighted by molar-refractivity contribution is 9.10. The van der Waals surface area contributed by atoms with E-state index in [4.69, 9.17) is 5.73 Å². The molecule has 0 heterocycles. The Labute approximate surface area is 110 Å². The topological polar surface area (TPSA) is 55.1 Å². The summed E-state index contributed by atoms with van der Waals surface area (Å²) in [6.45, 7) is 0.695. The van der Waals surface area contributed by atoms with Crippen molar-refractivity contribution in [1.29, 1.82) is 0 Å². The van der Waals surface area contributed by atoms with Gasteiger partial charge in [0, 0.05) is 23.0 Å². The smallest absolute Gasteiger partial charge is 0.223 e. The van der Waals surface area contributed by atoms with Gasteiger partial charge in [0.15, 0.2) is 0 Å². The van der Waals surface area contributed by atoms with Crippen LogP contribution in [0.4, 0.5) is 0 Å². The number of nitrogens with one attached hydrogen (secondary N) is 1. The van der Waals surface area contributed by atoms with Crippen molar-refractivity contribution in [1.82, 2.24) is 5.32 Å².